The lowest BCUT2D eigenvalue weighted by molar-refractivity contribution is 1.70. The van der Waals surface area contributed by atoms with Crippen LogP contribution in [0.3, 0.4) is 0 Å². The Kier molecular flexibility index (Phi) is 4.74. The molecule has 0 amide bonds. The average molecular weight is 543 g/mol. The van der Waals surface area contributed by atoms with Crippen LogP contribution >= 0.6 is 22.7 Å². The van der Waals surface area contributed by atoms with E-state index in [9.17, 15) is 0 Å². The number of thiophene rings is 2. The molecule has 0 nitrogen and oxygen atoms in total. The zero-order valence-electron chi connectivity index (χ0n) is 21.5. The second-order valence-electron chi connectivity index (χ2n) is 10.4. The standard InChI is InChI=1S/C38H22S2/c1-2-12-24-23(10-1)11-9-18-25(24)35-26-13-3-5-15-28(26)36(29-16-6-4-14-27(29)35)32-22-34-31(20-21-39-34)38-37(32)30-17-7-8-19-33(30)40-38/h1-22H. The minimum Gasteiger partial charge on any atom is -0.144 e. The van der Waals surface area contributed by atoms with Crippen molar-refractivity contribution in [2.24, 2.45) is 0 Å². The summed E-state index contributed by atoms with van der Waals surface area (Å²) in [6.45, 7) is 0. The molecule has 0 aliphatic heterocycles. The maximum Gasteiger partial charge on any atom is 0.0448 e. The highest BCUT2D eigenvalue weighted by Gasteiger charge is 2.21. The summed E-state index contributed by atoms with van der Waals surface area (Å²) in [7, 11) is 0. The fraction of sp³-hybridized carbons (Fsp3) is 0. The molecule has 2 heterocycles. The monoisotopic (exact) mass is 542 g/mol. The van der Waals surface area contributed by atoms with E-state index < -0.39 is 0 Å². The summed E-state index contributed by atoms with van der Waals surface area (Å²) < 4.78 is 4.08. The quantitative estimate of drug-likeness (QED) is 0.191. The molecule has 9 aromatic rings. The molecule has 0 fully saturated rings. The van der Waals surface area contributed by atoms with Gasteiger partial charge in [0.05, 0.1) is 0 Å². The molecule has 0 spiro atoms. The van der Waals surface area contributed by atoms with Crippen LogP contribution < -0.4 is 0 Å². The van der Waals surface area contributed by atoms with E-state index in [1.54, 1.807) is 0 Å². The lowest BCUT2D eigenvalue weighted by atomic mass is 9.84. The lowest BCUT2D eigenvalue weighted by Crippen LogP contribution is -1.92. The fourth-order valence-electron chi connectivity index (χ4n) is 6.68. The van der Waals surface area contributed by atoms with Crippen LogP contribution in [-0.4, -0.2) is 0 Å². The summed E-state index contributed by atoms with van der Waals surface area (Å²) in [4.78, 5) is 0. The van der Waals surface area contributed by atoms with Crippen LogP contribution in [-0.2, 0) is 0 Å². The van der Waals surface area contributed by atoms with Crippen LogP contribution in [0, 0.1) is 0 Å². The summed E-state index contributed by atoms with van der Waals surface area (Å²) in [5.74, 6) is 0. The summed E-state index contributed by atoms with van der Waals surface area (Å²) in [5.41, 5.74) is 5.27. The normalized spacial score (nSPS) is 12.0. The van der Waals surface area contributed by atoms with Crippen molar-refractivity contribution in [2.45, 2.75) is 0 Å². The molecule has 186 valence electrons. The average Bonchev–Trinajstić information content (AvgIpc) is 3.64. The van der Waals surface area contributed by atoms with Crippen LogP contribution in [0.4, 0.5) is 0 Å². The molecule has 0 radical (unpaired) electrons. The third-order valence-electron chi connectivity index (χ3n) is 8.34. The number of hydrogen-bond donors (Lipinski definition) is 0. The Morgan fingerprint density at radius 3 is 1.70 bits per heavy atom. The molecule has 0 aliphatic carbocycles. The van der Waals surface area contributed by atoms with Crippen LogP contribution in [0.15, 0.2) is 133 Å². The highest BCUT2D eigenvalue weighted by molar-refractivity contribution is 7.27. The molecule has 2 heteroatoms. The van der Waals surface area contributed by atoms with Gasteiger partial charge in [0.1, 0.15) is 0 Å². The summed E-state index contributed by atoms with van der Waals surface area (Å²) >= 11 is 3.76. The van der Waals surface area contributed by atoms with Gasteiger partial charge in [0.15, 0.2) is 0 Å². The Bertz CT molecular complexity index is 2370. The predicted octanol–water partition coefficient (Wildman–Crippen LogP) is 12.1. The number of benzene rings is 7. The van der Waals surface area contributed by atoms with Gasteiger partial charge < -0.3 is 0 Å². The van der Waals surface area contributed by atoms with Gasteiger partial charge in [0, 0.05) is 30.3 Å². The van der Waals surface area contributed by atoms with Gasteiger partial charge in [0.25, 0.3) is 0 Å². The van der Waals surface area contributed by atoms with Crippen molar-refractivity contribution in [3.8, 4) is 22.3 Å². The lowest BCUT2D eigenvalue weighted by Gasteiger charge is -2.19. The highest BCUT2D eigenvalue weighted by Crippen LogP contribution is 2.50. The van der Waals surface area contributed by atoms with Crippen molar-refractivity contribution >= 4 is 85.2 Å². The van der Waals surface area contributed by atoms with Gasteiger partial charge in [-0.05, 0) is 78.2 Å². The molecule has 0 saturated heterocycles. The largest absolute Gasteiger partial charge is 0.144 e. The van der Waals surface area contributed by atoms with E-state index in [0.29, 0.717) is 0 Å². The molecule has 0 N–H and O–H groups in total. The molecule has 2 aromatic heterocycles. The molecular weight excluding hydrogens is 521 g/mol. The molecule has 0 bridgehead atoms. The molecule has 0 aliphatic rings. The molecule has 9 rings (SSSR count). The maximum absolute atomic E-state index is 2.45. The molecule has 0 atom stereocenters. The van der Waals surface area contributed by atoms with Crippen LogP contribution in [0.1, 0.15) is 0 Å². The van der Waals surface area contributed by atoms with Crippen molar-refractivity contribution < 1.29 is 0 Å². The van der Waals surface area contributed by atoms with Crippen molar-refractivity contribution in [3.63, 3.8) is 0 Å². The first-order chi connectivity index (χ1) is 19.9. The summed E-state index contributed by atoms with van der Waals surface area (Å²) in [5, 5.41) is 14.1. The number of fused-ring (bicyclic) bond motifs is 8. The van der Waals surface area contributed by atoms with Gasteiger partial charge in [0.2, 0.25) is 0 Å². The second kappa shape index (κ2) is 8.50. The second-order valence-corrected chi connectivity index (χ2v) is 12.4. The van der Waals surface area contributed by atoms with Crippen molar-refractivity contribution in [2.75, 3.05) is 0 Å². The molecular formula is C38H22S2. The number of hydrogen-bond acceptors (Lipinski definition) is 2. The highest BCUT2D eigenvalue weighted by atomic mass is 32.1. The van der Waals surface area contributed by atoms with Gasteiger partial charge in [-0.25, -0.2) is 0 Å². The van der Waals surface area contributed by atoms with Crippen LogP contribution in [0.5, 0.6) is 0 Å². The minimum absolute atomic E-state index is 1.27. The van der Waals surface area contributed by atoms with E-state index in [4.69, 9.17) is 0 Å². The van der Waals surface area contributed by atoms with Gasteiger partial charge in [-0.1, -0.05) is 109 Å². The smallest absolute Gasteiger partial charge is 0.0448 e. The van der Waals surface area contributed by atoms with E-state index in [1.807, 2.05) is 22.7 Å². The van der Waals surface area contributed by atoms with E-state index in [1.165, 1.54) is 84.8 Å². The Hall–Kier alpha value is -4.50. The van der Waals surface area contributed by atoms with Crippen molar-refractivity contribution in [1.82, 2.24) is 0 Å². The maximum atomic E-state index is 2.45. The van der Waals surface area contributed by atoms with E-state index in [0.717, 1.165) is 0 Å². The SMILES string of the molecule is c1ccc2c(-c3c4ccccc4c(-c4cc5sccc5c5sc6ccccc6c45)c4ccccc34)cccc2c1. The fourth-order valence-corrected chi connectivity index (χ4v) is 8.83. The van der Waals surface area contributed by atoms with Crippen molar-refractivity contribution in [1.29, 1.82) is 0 Å². The predicted molar refractivity (Wildman–Crippen MR) is 178 cm³/mol. The third kappa shape index (κ3) is 3.06. The van der Waals surface area contributed by atoms with Crippen LogP contribution in [0.2, 0.25) is 0 Å². The van der Waals surface area contributed by atoms with Crippen molar-refractivity contribution in [3.05, 3.63) is 133 Å². The first-order valence-electron chi connectivity index (χ1n) is 13.6. The Morgan fingerprint density at radius 1 is 0.400 bits per heavy atom. The summed E-state index contributed by atoms with van der Waals surface area (Å²) in [6, 6.07) is 47.1. The first kappa shape index (κ1) is 22.3. The zero-order chi connectivity index (χ0) is 26.2. The third-order valence-corrected chi connectivity index (χ3v) is 10.4. The van der Waals surface area contributed by atoms with Gasteiger partial charge >= 0.3 is 0 Å². The van der Waals surface area contributed by atoms with Gasteiger partial charge in [-0.2, -0.15) is 0 Å². The molecule has 0 saturated carbocycles. The minimum atomic E-state index is 1.27. The number of rotatable bonds is 2. The molecule has 7 aromatic carbocycles. The Labute approximate surface area is 239 Å². The van der Waals surface area contributed by atoms with E-state index in [2.05, 4.69) is 133 Å². The Balaban J connectivity index is 1.52. The zero-order valence-corrected chi connectivity index (χ0v) is 23.2. The van der Waals surface area contributed by atoms with E-state index >= 15 is 0 Å². The molecule has 40 heavy (non-hydrogen) atoms. The van der Waals surface area contributed by atoms with Crippen LogP contribution in [0.25, 0.3) is 84.8 Å². The first-order valence-corrected chi connectivity index (χ1v) is 15.3. The van der Waals surface area contributed by atoms with E-state index in [-0.39, 0.29) is 0 Å². The topological polar surface area (TPSA) is 0 Å². The van der Waals surface area contributed by atoms with Gasteiger partial charge in [-0.3, -0.25) is 0 Å². The van der Waals surface area contributed by atoms with Gasteiger partial charge in [-0.15, -0.1) is 22.7 Å². The molecule has 0 unspecified atom stereocenters. The Morgan fingerprint density at radius 2 is 0.975 bits per heavy atom. The summed E-state index contributed by atoms with van der Waals surface area (Å²) in [6.07, 6.45) is 0.